The summed E-state index contributed by atoms with van der Waals surface area (Å²) in [6, 6.07) is 23.0. The minimum Gasteiger partial charge on any atom is -0.467 e. The van der Waals surface area contributed by atoms with E-state index in [4.69, 9.17) is 9.40 Å². The summed E-state index contributed by atoms with van der Waals surface area (Å²) in [6.45, 7) is 0.931. The summed E-state index contributed by atoms with van der Waals surface area (Å²) >= 11 is 0. The molecule has 2 N–H and O–H groups in total. The molecule has 0 fully saturated rings. The number of hydrogen-bond donors (Lipinski definition) is 2. The van der Waals surface area contributed by atoms with E-state index in [0.717, 1.165) is 23.4 Å². The van der Waals surface area contributed by atoms with E-state index in [1.54, 1.807) is 24.6 Å². The SMILES string of the molecule is O=C(NCc1ccco1)c1ccc(-c2ccccc2)nc1NCCc1ccccn1. The molecule has 3 heterocycles. The summed E-state index contributed by atoms with van der Waals surface area (Å²) in [5.74, 6) is 1.03. The van der Waals surface area contributed by atoms with E-state index in [0.29, 0.717) is 30.2 Å². The van der Waals surface area contributed by atoms with Crippen LogP contribution in [0.2, 0.25) is 0 Å². The second kappa shape index (κ2) is 9.52. The van der Waals surface area contributed by atoms with Crippen LogP contribution in [0.15, 0.2) is 89.7 Å². The van der Waals surface area contributed by atoms with Gasteiger partial charge in [-0.25, -0.2) is 4.98 Å². The molecule has 30 heavy (non-hydrogen) atoms. The van der Waals surface area contributed by atoms with Crippen LogP contribution in [-0.2, 0) is 13.0 Å². The van der Waals surface area contributed by atoms with Crippen LogP contribution in [-0.4, -0.2) is 22.4 Å². The lowest BCUT2D eigenvalue weighted by Crippen LogP contribution is -2.24. The number of carbonyl (C=O) groups is 1. The molecule has 0 aliphatic heterocycles. The predicted molar refractivity (Wildman–Crippen MR) is 116 cm³/mol. The Morgan fingerprint density at radius 1 is 0.933 bits per heavy atom. The molecule has 1 amide bonds. The van der Waals surface area contributed by atoms with E-state index in [1.807, 2.05) is 60.7 Å². The third-order valence-corrected chi connectivity index (χ3v) is 4.61. The van der Waals surface area contributed by atoms with E-state index < -0.39 is 0 Å². The zero-order valence-corrected chi connectivity index (χ0v) is 16.4. The minimum atomic E-state index is -0.209. The summed E-state index contributed by atoms with van der Waals surface area (Å²) in [6.07, 6.45) is 4.09. The lowest BCUT2D eigenvalue weighted by Gasteiger charge is -2.13. The molecule has 6 heteroatoms. The Morgan fingerprint density at radius 3 is 2.57 bits per heavy atom. The Hall–Kier alpha value is -3.93. The number of benzene rings is 1. The molecular weight excluding hydrogens is 376 g/mol. The number of rotatable bonds is 8. The maximum absolute atomic E-state index is 12.8. The number of pyridine rings is 2. The van der Waals surface area contributed by atoms with Crippen molar-refractivity contribution in [1.82, 2.24) is 15.3 Å². The number of nitrogens with zero attached hydrogens (tertiary/aromatic N) is 2. The molecule has 6 nitrogen and oxygen atoms in total. The van der Waals surface area contributed by atoms with Gasteiger partial charge in [-0.3, -0.25) is 9.78 Å². The quantitative estimate of drug-likeness (QED) is 0.462. The zero-order chi connectivity index (χ0) is 20.6. The molecule has 0 saturated carbocycles. The number of nitrogens with one attached hydrogen (secondary N) is 2. The Labute approximate surface area is 175 Å². The lowest BCUT2D eigenvalue weighted by molar-refractivity contribution is 0.0948. The van der Waals surface area contributed by atoms with Gasteiger partial charge in [0.2, 0.25) is 0 Å². The number of carbonyl (C=O) groups excluding carboxylic acids is 1. The number of amides is 1. The van der Waals surface area contributed by atoms with Gasteiger partial charge in [-0.2, -0.15) is 0 Å². The summed E-state index contributed by atoms with van der Waals surface area (Å²) < 4.78 is 5.29. The molecular formula is C24H22N4O2. The van der Waals surface area contributed by atoms with Crippen LogP contribution in [0.4, 0.5) is 5.82 Å². The molecule has 0 spiro atoms. The molecule has 0 aliphatic carbocycles. The highest BCUT2D eigenvalue weighted by molar-refractivity contribution is 5.99. The Bertz CT molecular complexity index is 1080. The first-order chi connectivity index (χ1) is 14.8. The van der Waals surface area contributed by atoms with Gasteiger partial charge in [-0.05, 0) is 36.4 Å². The first kappa shape index (κ1) is 19.4. The van der Waals surface area contributed by atoms with E-state index in [2.05, 4.69) is 15.6 Å². The van der Waals surface area contributed by atoms with Gasteiger partial charge in [0.15, 0.2) is 0 Å². The number of furan rings is 1. The van der Waals surface area contributed by atoms with Gasteiger partial charge in [0.05, 0.1) is 24.1 Å². The van der Waals surface area contributed by atoms with Crippen molar-refractivity contribution in [1.29, 1.82) is 0 Å². The summed E-state index contributed by atoms with van der Waals surface area (Å²) in [4.78, 5) is 21.9. The van der Waals surface area contributed by atoms with Crippen LogP contribution in [0.25, 0.3) is 11.3 Å². The van der Waals surface area contributed by atoms with Crippen molar-refractivity contribution in [3.8, 4) is 11.3 Å². The van der Waals surface area contributed by atoms with Gasteiger partial charge in [0.25, 0.3) is 5.91 Å². The minimum absolute atomic E-state index is 0.209. The average Bonchev–Trinajstić information content (AvgIpc) is 3.32. The second-order valence-electron chi connectivity index (χ2n) is 6.72. The molecule has 0 unspecified atom stereocenters. The van der Waals surface area contributed by atoms with Gasteiger partial charge in [0, 0.05) is 30.4 Å². The summed E-state index contributed by atoms with van der Waals surface area (Å²) in [5, 5.41) is 6.19. The van der Waals surface area contributed by atoms with Crippen LogP contribution in [0.5, 0.6) is 0 Å². The fraction of sp³-hybridized carbons (Fsp3) is 0.125. The van der Waals surface area contributed by atoms with Crippen LogP contribution in [0.1, 0.15) is 21.8 Å². The highest BCUT2D eigenvalue weighted by Crippen LogP contribution is 2.22. The fourth-order valence-electron chi connectivity index (χ4n) is 3.08. The molecule has 3 aromatic heterocycles. The van der Waals surface area contributed by atoms with Gasteiger partial charge >= 0.3 is 0 Å². The number of hydrogen-bond acceptors (Lipinski definition) is 5. The molecule has 0 saturated heterocycles. The van der Waals surface area contributed by atoms with Gasteiger partial charge < -0.3 is 15.1 Å². The topological polar surface area (TPSA) is 80.0 Å². The molecule has 150 valence electrons. The Balaban J connectivity index is 1.53. The van der Waals surface area contributed by atoms with E-state index >= 15 is 0 Å². The largest absolute Gasteiger partial charge is 0.467 e. The predicted octanol–water partition coefficient (Wildman–Crippen LogP) is 4.32. The maximum atomic E-state index is 12.8. The van der Waals surface area contributed by atoms with Crippen molar-refractivity contribution in [2.45, 2.75) is 13.0 Å². The van der Waals surface area contributed by atoms with Crippen molar-refractivity contribution in [2.75, 3.05) is 11.9 Å². The molecule has 0 bridgehead atoms. The first-order valence-corrected chi connectivity index (χ1v) is 9.80. The third kappa shape index (κ3) is 4.91. The average molecular weight is 398 g/mol. The summed E-state index contributed by atoms with van der Waals surface area (Å²) in [7, 11) is 0. The van der Waals surface area contributed by atoms with E-state index in [9.17, 15) is 4.79 Å². The Morgan fingerprint density at radius 2 is 1.80 bits per heavy atom. The van der Waals surface area contributed by atoms with Crippen molar-refractivity contribution in [3.05, 3.63) is 102 Å². The monoisotopic (exact) mass is 398 g/mol. The van der Waals surface area contributed by atoms with E-state index in [1.165, 1.54) is 0 Å². The van der Waals surface area contributed by atoms with Crippen molar-refractivity contribution in [3.63, 3.8) is 0 Å². The van der Waals surface area contributed by atoms with Gasteiger partial charge in [-0.1, -0.05) is 36.4 Å². The number of aromatic nitrogens is 2. The normalized spacial score (nSPS) is 10.5. The van der Waals surface area contributed by atoms with Crippen LogP contribution in [0, 0.1) is 0 Å². The molecule has 1 aromatic carbocycles. The smallest absolute Gasteiger partial charge is 0.255 e. The zero-order valence-electron chi connectivity index (χ0n) is 16.4. The van der Waals surface area contributed by atoms with Crippen LogP contribution >= 0.6 is 0 Å². The van der Waals surface area contributed by atoms with Crippen molar-refractivity contribution < 1.29 is 9.21 Å². The third-order valence-electron chi connectivity index (χ3n) is 4.61. The van der Waals surface area contributed by atoms with Crippen molar-refractivity contribution in [2.24, 2.45) is 0 Å². The lowest BCUT2D eigenvalue weighted by atomic mass is 10.1. The van der Waals surface area contributed by atoms with Crippen molar-refractivity contribution >= 4 is 11.7 Å². The molecule has 4 rings (SSSR count). The molecule has 4 aromatic rings. The van der Waals surface area contributed by atoms with Gasteiger partial charge in [0.1, 0.15) is 11.6 Å². The van der Waals surface area contributed by atoms with Gasteiger partial charge in [-0.15, -0.1) is 0 Å². The van der Waals surface area contributed by atoms with E-state index in [-0.39, 0.29) is 5.91 Å². The molecule has 0 atom stereocenters. The Kier molecular flexibility index (Phi) is 6.15. The maximum Gasteiger partial charge on any atom is 0.255 e. The second-order valence-corrected chi connectivity index (χ2v) is 6.72. The first-order valence-electron chi connectivity index (χ1n) is 9.80. The van der Waals surface area contributed by atoms with Crippen LogP contribution < -0.4 is 10.6 Å². The molecule has 0 aliphatic rings. The standard InChI is InChI=1S/C24H22N4O2/c29-24(27-17-20-10-6-16-30-20)21-11-12-22(18-7-2-1-3-8-18)28-23(21)26-15-13-19-9-4-5-14-25-19/h1-12,14,16H,13,15,17H2,(H,26,28)(H,27,29). The number of anilines is 1. The summed E-state index contributed by atoms with van der Waals surface area (Å²) in [5.41, 5.74) is 3.27. The van der Waals surface area contributed by atoms with Crippen LogP contribution in [0.3, 0.4) is 0 Å². The molecule has 0 radical (unpaired) electrons. The fourth-order valence-corrected chi connectivity index (χ4v) is 3.08. The highest BCUT2D eigenvalue weighted by Gasteiger charge is 2.15. The highest BCUT2D eigenvalue weighted by atomic mass is 16.3.